The summed E-state index contributed by atoms with van der Waals surface area (Å²) >= 11 is 0. The molecule has 0 fully saturated rings. The van der Waals surface area contributed by atoms with Gasteiger partial charge in [-0.05, 0) is 36.4 Å². The summed E-state index contributed by atoms with van der Waals surface area (Å²) in [7, 11) is 0. The number of rotatable bonds is 7. The highest BCUT2D eigenvalue weighted by molar-refractivity contribution is 5.94. The summed E-state index contributed by atoms with van der Waals surface area (Å²) < 4.78 is 45.3. The standard InChI is InChI=1S/C21H17F3N2O3/c22-16-4-2-1-3-15(16)19-9-6-14(29-19)7-10-20(27)25-12-21(28)26-13-5-8-17(23)18(24)11-13/h1-6,8-9,11H,7,10,12H2,(H,25,27)(H,26,28). The number of hydrogen-bond donors (Lipinski definition) is 2. The second-order valence-electron chi connectivity index (χ2n) is 6.20. The van der Waals surface area contributed by atoms with Crippen LogP contribution in [0.1, 0.15) is 12.2 Å². The zero-order valence-corrected chi connectivity index (χ0v) is 15.2. The largest absolute Gasteiger partial charge is 0.461 e. The van der Waals surface area contributed by atoms with Crippen LogP contribution >= 0.6 is 0 Å². The Morgan fingerprint density at radius 2 is 1.66 bits per heavy atom. The van der Waals surface area contributed by atoms with E-state index in [4.69, 9.17) is 4.42 Å². The fraction of sp³-hybridized carbons (Fsp3) is 0.143. The first kappa shape index (κ1) is 20.2. The number of furan rings is 1. The van der Waals surface area contributed by atoms with Crippen molar-refractivity contribution >= 4 is 17.5 Å². The van der Waals surface area contributed by atoms with Crippen molar-refractivity contribution < 1.29 is 27.2 Å². The Hall–Kier alpha value is -3.55. The third kappa shape index (κ3) is 5.47. The highest BCUT2D eigenvalue weighted by Crippen LogP contribution is 2.25. The lowest BCUT2D eigenvalue weighted by Gasteiger charge is -2.07. The minimum atomic E-state index is -1.08. The zero-order valence-electron chi connectivity index (χ0n) is 15.2. The van der Waals surface area contributed by atoms with Gasteiger partial charge >= 0.3 is 0 Å². The van der Waals surface area contributed by atoms with Gasteiger partial charge < -0.3 is 15.1 Å². The normalized spacial score (nSPS) is 10.6. The highest BCUT2D eigenvalue weighted by Gasteiger charge is 2.12. The van der Waals surface area contributed by atoms with E-state index < -0.39 is 29.3 Å². The Morgan fingerprint density at radius 1 is 0.862 bits per heavy atom. The minimum Gasteiger partial charge on any atom is -0.461 e. The van der Waals surface area contributed by atoms with Crippen LogP contribution < -0.4 is 10.6 Å². The molecule has 1 heterocycles. The Balaban J connectivity index is 1.45. The monoisotopic (exact) mass is 402 g/mol. The quantitative estimate of drug-likeness (QED) is 0.626. The number of benzene rings is 2. The number of carbonyl (C=O) groups excluding carboxylic acids is 2. The summed E-state index contributed by atoms with van der Waals surface area (Å²) in [6.07, 6.45) is 0.327. The summed E-state index contributed by atoms with van der Waals surface area (Å²) in [5, 5.41) is 4.78. The van der Waals surface area contributed by atoms with E-state index in [0.717, 1.165) is 12.1 Å². The summed E-state index contributed by atoms with van der Waals surface area (Å²) in [5.74, 6) is -2.61. The van der Waals surface area contributed by atoms with E-state index in [2.05, 4.69) is 10.6 Å². The van der Waals surface area contributed by atoms with Crippen molar-refractivity contribution in [3.8, 4) is 11.3 Å². The number of halogens is 3. The van der Waals surface area contributed by atoms with E-state index in [0.29, 0.717) is 17.1 Å². The Kier molecular flexibility index (Phi) is 6.33. The number of hydrogen-bond acceptors (Lipinski definition) is 3. The van der Waals surface area contributed by atoms with Gasteiger partial charge in [0.15, 0.2) is 11.6 Å². The first-order valence-electron chi connectivity index (χ1n) is 8.77. The SMILES string of the molecule is O=C(CCc1ccc(-c2ccccc2F)o1)NCC(=O)Nc1ccc(F)c(F)c1. The summed E-state index contributed by atoms with van der Waals surface area (Å²) in [5.41, 5.74) is 0.413. The molecule has 0 radical (unpaired) electrons. The van der Waals surface area contributed by atoms with Gasteiger partial charge in [-0.3, -0.25) is 9.59 Å². The second kappa shape index (κ2) is 9.09. The molecular weight excluding hydrogens is 385 g/mol. The first-order valence-corrected chi connectivity index (χ1v) is 8.77. The fourth-order valence-electron chi connectivity index (χ4n) is 2.60. The summed E-state index contributed by atoms with van der Waals surface area (Å²) in [4.78, 5) is 23.7. The molecule has 0 bridgehead atoms. The third-order valence-corrected chi connectivity index (χ3v) is 4.05. The van der Waals surface area contributed by atoms with Crippen LogP contribution in [0.15, 0.2) is 59.0 Å². The molecule has 150 valence electrons. The van der Waals surface area contributed by atoms with Gasteiger partial charge in [-0.15, -0.1) is 0 Å². The number of aryl methyl sites for hydroxylation is 1. The van der Waals surface area contributed by atoms with E-state index in [9.17, 15) is 22.8 Å². The van der Waals surface area contributed by atoms with Crippen molar-refractivity contribution in [2.75, 3.05) is 11.9 Å². The van der Waals surface area contributed by atoms with Crippen LogP contribution in [0.5, 0.6) is 0 Å². The van der Waals surface area contributed by atoms with Crippen LogP contribution in [0.25, 0.3) is 11.3 Å². The molecule has 8 heteroatoms. The maximum absolute atomic E-state index is 13.8. The number of carbonyl (C=O) groups is 2. The lowest BCUT2D eigenvalue weighted by Crippen LogP contribution is -2.32. The summed E-state index contributed by atoms with van der Waals surface area (Å²) in [6, 6.07) is 12.4. The molecule has 1 aromatic heterocycles. The molecule has 0 aliphatic heterocycles. The van der Waals surface area contributed by atoms with Gasteiger partial charge in [0, 0.05) is 24.6 Å². The van der Waals surface area contributed by atoms with Crippen LogP contribution in [0, 0.1) is 17.5 Å². The molecule has 5 nitrogen and oxygen atoms in total. The molecule has 3 rings (SSSR count). The average Bonchev–Trinajstić information content (AvgIpc) is 3.17. The number of anilines is 1. The van der Waals surface area contributed by atoms with Gasteiger partial charge in [-0.2, -0.15) is 0 Å². The lowest BCUT2D eigenvalue weighted by molar-refractivity contribution is -0.124. The van der Waals surface area contributed by atoms with Crippen molar-refractivity contribution in [3.05, 3.63) is 77.8 Å². The van der Waals surface area contributed by atoms with Crippen LogP contribution in [0.4, 0.5) is 18.9 Å². The molecule has 0 spiro atoms. The Morgan fingerprint density at radius 3 is 2.41 bits per heavy atom. The van der Waals surface area contributed by atoms with Gasteiger partial charge in [0.1, 0.15) is 17.3 Å². The molecule has 2 N–H and O–H groups in total. The predicted molar refractivity (Wildman–Crippen MR) is 100 cm³/mol. The lowest BCUT2D eigenvalue weighted by atomic mass is 10.1. The fourth-order valence-corrected chi connectivity index (χ4v) is 2.60. The molecule has 0 aliphatic rings. The van der Waals surface area contributed by atoms with E-state index in [-0.39, 0.29) is 25.1 Å². The summed E-state index contributed by atoms with van der Waals surface area (Å²) in [6.45, 7) is -0.323. The van der Waals surface area contributed by atoms with Gasteiger partial charge in [-0.1, -0.05) is 12.1 Å². The van der Waals surface area contributed by atoms with Crippen LogP contribution in [-0.4, -0.2) is 18.4 Å². The molecule has 0 unspecified atom stereocenters. The van der Waals surface area contributed by atoms with Crippen LogP contribution in [-0.2, 0) is 16.0 Å². The Labute approximate surface area is 164 Å². The zero-order chi connectivity index (χ0) is 20.8. The molecule has 0 aliphatic carbocycles. The smallest absolute Gasteiger partial charge is 0.243 e. The van der Waals surface area contributed by atoms with Crippen molar-refractivity contribution in [2.45, 2.75) is 12.8 Å². The van der Waals surface area contributed by atoms with E-state index in [1.54, 1.807) is 30.3 Å². The number of amides is 2. The number of nitrogens with one attached hydrogen (secondary N) is 2. The molecule has 2 aromatic carbocycles. The average molecular weight is 402 g/mol. The maximum Gasteiger partial charge on any atom is 0.243 e. The first-order chi connectivity index (χ1) is 13.9. The predicted octanol–water partition coefficient (Wildman–Crippen LogP) is 4.05. The molecule has 29 heavy (non-hydrogen) atoms. The van der Waals surface area contributed by atoms with E-state index in [1.807, 2.05) is 0 Å². The van der Waals surface area contributed by atoms with Crippen molar-refractivity contribution in [2.24, 2.45) is 0 Å². The third-order valence-electron chi connectivity index (χ3n) is 4.05. The van der Waals surface area contributed by atoms with Crippen LogP contribution in [0.2, 0.25) is 0 Å². The maximum atomic E-state index is 13.8. The van der Waals surface area contributed by atoms with Gasteiger partial charge in [0.2, 0.25) is 11.8 Å². The molecule has 2 amide bonds. The molecule has 3 aromatic rings. The van der Waals surface area contributed by atoms with Gasteiger partial charge in [-0.25, -0.2) is 13.2 Å². The molecule has 0 saturated carbocycles. The minimum absolute atomic E-state index is 0.0582. The van der Waals surface area contributed by atoms with Gasteiger partial charge in [0.25, 0.3) is 0 Å². The molecule has 0 atom stereocenters. The van der Waals surface area contributed by atoms with E-state index in [1.165, 1.54) is 12.1 Å². The molecule has 0 saturated heterocycles. The van der Waals surface area contributed by atoms with Crippen molar-refractivity contribution in [1.82, 2.24) is 5.32 Å². The van der Waals surface area contributed by atoms with Gasteiger partial charge in [0.05, 0.1) is 12.1 Å². The molecular formula is C21H17F3N2O3. The van der Waals surface area contributed by atoms with Crippen molar-refractivity contribution in [3.63, 3.8) is 0 Å². The topological polar surface area (TPSA) is 71.3 Å². The van der Waals surface area contributed by atoms with E-state index >= 15 is 0 Å². The Bertz CT molecular complexity index is 1030. The van der Waals surface area contributed by atoms with Crippen molar-refractivity contribution in [1.29, 1.82) is 0 Å². The highest BCUT2D eigenvalue weighted by atomic mass is 19.2. The second-order valence-corrected chi connectivity index (χ2v) is 6.20. The van der Waals surface area contributed by atoms with Crippen LogP contribution in [0.3, 0.4) is 0 Å².